The molecule has 0 atom stereocenters. The minimum atomic E-state index is -0.900. The van der Waals surface area contributed by atoms with E-state index in [1.165, 1.54) is 35.0 Å². The summed E-state index contributed by atoms with van der Waals surface area (Å²) in [6.07, 6.45) is 4.57. The molecule has 1 aliphatic carbocycles. The summed E-state index contributed by atoms with van der Waals surface area (Å²) in [4.78, 5) is 11.7. The van der Waals surface area contributed by atoms with Gasteiger partial charge in [0, 0.05) is 23.1 Å². The number of ether oxygens (including phenoxy) is 1. The first-order chi connectivity index (χ1) is 12.2. The van der Waals surface area contributed by atoms with Gasteiger partial charge in [0.25, 0.3) is 0 Å². The van der Waals surface area contributed by atoms with Crippen LogP contribution in [0, 0.1) is 0 Å². The first-order valence-corrected chi connectivity index (χ1v) is 8.68. The van der Waals surface area contributed by atoms with Crippen LogP contribution in [-0.4, -0.2) is 22.8 Å². The van der Waals surface area contributed by atoms with Gasteiger partial charge in [0.1, 0.15) is 5.75 Å². The van der Waals surface area contributed by atoms with Crippen molar-refractivity contribution in [3.05, 3.63) is 64.8 Å². The quantitative estimate of drug-likeness (QED) is 0.774. The van der Waals surface area contributed by atoms with Crippen molar-refractivity contribution in [3.8, 4) is 5.75 Å². The second kappa shape index (κ2) is 6.28. The first-order valence-electron chi connectivity index (χ1n) is 8.68. The van der Waals surface area contributed by atoms with Crippen molar-refractivity contribution < 1.29 is 14.6 Å². The van der Waals surface area contributed by atoms with Crippen molar-refractivity contribution in [3.63, 3.8) is 0 Å². The van der Waals surface area contributed by atoms with Crippen LogP contribution in [-0.2, 0) is 19.4 Å². The Labute approximate surface area is 146 Å². The number of methoxy groups -OCH3 is 1. The Bertz CT molecular complexity index is 955. The second-order valence-electron chi connectivity index (χ2n) is 6.56. The molecule has 0 aliphatic heterocycles. The number of aromatic nitrogens is 1. The van der Waals surface area contributed by atoms with Crippen LogP contribution in [0.4, 0.5) is 0 Å². The average molecular weight is 335 g/mol. The van der Waals surface area contributed by atoms with E-state index in [0.29, 0.717) is 17.9 Å². The fraction of sp³-hybridized carbons (Fsp3) is 0.286. The second-order valence-corrected chi connectivity index (χ2v) is 6.56. The number of benzene rings is 2. The summed E-state index contributed by atoms with van der Waals surface area (Å²) in [6, 6.07) is 13.6. The SMILES string of the molecule is COc1ccc(C(=O)O)c(Cn2c3c(c4ccccc42)CCCC3)c1. The van der Waals surface area contributed by atoms with Crippen LogP contribution in [0.3, 0.4) is 0 Å². The number of nitrogens with zero attached hydrogens (tertiary/aromatic N) is 1. The van der Waals surface area contributed by atoms with Crippen LogP contribution in [0.5, 0.6) is 5.75 Å². The molecule has 0 amide bonds. The highest BCUT2D eigenvalue weighted by molar-refractivity contribution is 5.90. The smallest absolute Gasteiger partial charge is 0.336 e. The van der Waals surface area contributed by atoms with E-state index in [2.05, 4.69) is 22.8 Å². The number of aryl methyl sites for hydroxylation is 1. The number of hydrogen-bond acceptors (Lipinski definition) is 2. The number of aromatic carboxylic acids is 1. The molecule has 0 spiro atoms. The third-order valence-corrected chi connectivity index (χ3v) is 5.16. The number of rotatable bonds is 4. The molecule has 4 heteroatoms. The van der Waals surface area contributed by atoms with Crippen molar-refractivity contribution in [1.29, 1.82) is 0 Å². The minimum absolute atomic E-state index is 0.336. The Balaban J connectivity index is 1.88. The summed E-state index contributed by atoms with van der Waals surface area (Å²) >= 11 is 0. The van der Waals surface area contributed by atoms with Gasteiger partial charge < -0.3 is 14.4 Å². The maximum Gasteiger partial charge on any atom is 0.336 e. The van der Waals surface area contributed by atoms with Gasteiger partial charge in [-0.15, -0.1) is 0 Å². The molecule has 1 aromatic heterocycles. The number of carboxylic acids is 1. The van der Waals surface area contributed by atoms with Crippen molar-refractivity contribution in [1.82, 2.24) is 4.57 Å². The van der Waals surface area contributed by atoms with Gasteiger partial charge in [0.05, 0.1) is 12.7 Å². The molecule has 0 unspecified atom stereocenters. The molecule has 0 radical (unpaired) electrons. The highest BCUT2D eigenvalue weighted by Gasteiger charge is 2.21. The molecular weight excluding hydrogens is 314 g/mol. The fourth-order valence-electron chi connectivity index (χ4n) is 3.97. The highest BCUT2D eigenvalue weighted by Crippen LogP contribution is 2.33. The topological polar surface area (TPSA) is 51.5 Å². The number of fused-ring (bicyclic) bond motifs is 3. The maximum absolute atomic E-state index is 11.7. The number of carboxylic acid groups (broad SMARTS) is 1. The van der Waals surface area contributed by atoms with E-state index in [1.807, 2.05) is 12.1 Å². The van der Waals surface area contributed by atoms with Crippen LogP contribution in [0.1, 0.15) is 40.0 Å². The zero-order valence-electron chi connectivity index (χ0n) is 14.3. The molecule has 0 fully saturated rings. The Morgan fingerprint density at radius 1 is 1.16 bits per heavy atom. The van der Waals surface area contributed by atoms with Gasteiger partial charge in [-0.3, -0.25) is 0 Å². The van der Waals surface area contributed by atoms with Gasteiger partial charge in [-0.25, -0.2) is 4.79 Å². The lowest BCUT2D eigenvalue weighted by Gasteiger charge is -2.17. The van der Waals surface area contributed by atoms with E-state index in [4.69, 9.17) is 4.74 Å². The Hall–Kier alpha value is -2.75. The number of hydrogen-bond donors (Lipinski definition) is 1. The van der Waals surface area contributed by atoms with E-state index < -0.39 is 5.97 Å². The zero-order chi connectivity index (χ0) is 17.4. The summed E-state index contributed by atoms with van der Waals surface area (Å²) < 4.78 is 7.60. The Kier molecular flexibility index (Phi) is 3.96. The van der Waals surface area contributed by atoms with Gasteiger partial charge in [-0.1, -0.05) is 18.2 Å². The van der Waals surface area contributed by atoms with E-state index in [-0.39, 0.29) is 0 Å². The minimum Gasteiger partial charge on any atom is -0.497 e. The lowest BCUT2D eigenvalue weighted by Crippen LogP contribution is -2.12. The molecule has 4 rings (SSSR count). The lowest BCUT2D eigenvalue weighted by atomic mass is 9.95. The van der Waals surface area contributed by atoms with E-state index in [9.17, 15) is 9.90 Å². The van der Waals surface area contributed by atoms with E-state index in [1.54, 1.807) is 19.2 Å². The molecule has 0 bridgehead atoms. The number of para-hydroxylation sites is 1. The first kappa shape index (κ1) is 15.8. The molecule has 1 heterocycles. The van der Waals surface area contributed by atoms with Crippen molar-refractivity contribution in [2.24, 2.45) is 0 Å². The molecule has 4 nitrogen and oxygen atoms in total. The van der Waals surface area contributed by atoms with Crippen molar-refractivity contribution >= 4 is 16.9 Å². The Morgan fingerprint density at radius 3 is 2.76 bits per heavy atom. The molecule has 1 N–H and O–H groups in total. The summed E-state index contributed by atoms with van der Waals surface area (Å²) in [5, 5.41) is 10.9. The van der Waals surface area contributed by atoms with Crippen molar-refractivity contribution in [2.45, 2.75) is 32.2 Å². The fourth-order valence-corrected chi connectivity index (χ4v) is 3.97. The summed E-state index contributed by atoms with van der Waals surface area (Å²) in [5.74, 6) is -0.215. The number of carbonyl (C=O) groups is 1. The van der Waals surface area contributed by atoms with Gasteiger partial charge in [0.15, 0.2) is 0 Å². The third kappa shape index (κ3) is 2.68. The van der Waals surface area contributed by atoms with Crippen LogP contribution >= 0.6 is 0 Å². The van der Waals surface area contributed by atoms with Gasteiger partial charge in [-0.2, -0.15) is 0 Å². The molecule has 3 aromatic rings. The molecule has 0 saturated carbocycles. The standard InChI is InChI=1S/C21H21NO3/c1-25-15-10-11-16(21(23)24)14(12-15)13-22-19-8-4-2-6-17(19)18-7-3-5-9-20(18)22/h2,4,6,8,10-12H,3,5,7,9,13H2,1H3,(H,23,24). The van der Waals surface area contributed by atoms with Gasteiger partial charge in [-0.05, 0) is 61.1 Å². The Morgan fingerprint density at radius 2 is 1.96 bits per heavy atom. The molecule has 128 valence electrons. The normalized spacial score (nSPS) is 13.6. The van der Waals surface area contributed by atoms with Crippen LogP contribution in [0.2, 0.25) is 0 Å². The van der Waals surface area contributed by atoms with Gasteiger partial charge >= 0.3 is 5.97 Å². The summed E-state index contributed by atoms with van der Waals surface area (Å²) in [7, 11) is 1.60. The van der Waals surface area contributed by atoms with Crippen molar-refractivity contribution in [2.75, 3.05) is 7.11 Å². The molecule has 2 aromatic carbocycles. The monoisotopic (exact) mass is 335 g/mol. The van der Waals surface area contributed by atoms with E-state index in [0.717, 1.165) is 18.4 Å². The average Bonchev–Trinajstić information content (AvgIpc) is 2.96. The molecular formula is C21H21NO3. The third-order valence-electron chi connectivity index (χ3n) is 5.16. The van der Waals surface area contributed by atoms with Crippen LogP contribution in [0.15, 0.2) is 42.5 Å². The predicted molar refractivity (Wildman–Crippen MR) is 97.6 cm³/mol. The molecule has 1 aliphatic rings. The lowest BCUT2D eigenvalue weighted by molar-refractivity contribution is 0.0695. The molecule has 25 heavy (non-hydrogen) atoms. The summed E-state index contributed by atoms with van der Waals surface area (Å²) in [5.41, 5.74) is 5.09. The predicted octanol–water partition coefficient (Wildman–Crippen LogP) is 4.28. The maximum atomic E-state index is 11.7. The zero-order valence-corrected chi connectivity index (χ0v) is 14.3. The van der Waals surface area contributed by atoms with Crippen LogP contribution < -0.4 is 4.74 Å². The van der Waals surface area contributed by atoms with Crippen LogP contribution in [0.25, 0.3) is 10.9 Å². The molecule has 0 saturated heterocycles. The largest absolute Gasteiger partial charge is 0.497 e. The highest BCUT2D eigenvalue weighted by atomic mass is 16.5. The summed E-state index contributed by atoms with van der Waals surface area (Å²) in [6.45, 7) is 0.550. The van der Waals surface area contributed by atoms with Gasteiger partial charge in [0.2, 0.25) is 0 Å². The van der Waals surface area contributed by atoms with E-state index >= 15 is 0 Å².